The van der Waals surface area contributed by atoms with Crippen molar-refractivity contribution < 1.29 is 14.3 Å². The van der Waals surface area contributed by atoms with Gasteiger partial charge in [-0.05, 0) is 41.7 Å². The lowest BCUT2D eigenvalue weighted by Crippen LogP contribution is -2.43. The zero-order valence-corrected chi connectivity index (χ0v) is 16.6. The van der Waals surface area contributed by atoms with E-state index >= 15 is 0 Å². The van der Waals surface area contributed by atoms with Crippen LogP contribution in [0.1, 0.15) is 44.6 Å². The van der Waals surface area contributed by atoms with Crippen LogP contribution in [-0.4, -0.2) is 18.8 Å². The Morgan fingerprint density at radius 2 is 1.64 bits per heavy atom. The first-order chi connectivity index (χ1) is 13.4. The number of carbonyl (C=O) groups excluding carboxylic acids is 2. The number of benzene rings is 2. The lowest BCUT2D eigenvalue weighted by atomic mass is 9.69. The lowest BCUT2D eigenvalue weighted by molar-refractivity contribution is -0.121. The van der Waals surface area contributed by atoms with Crippen molar-refractivity contribution in [2.24, 2.45) is 5.41 Å². The predicted octanol–water partition coefficient (Wildman–Crippen LogP) is 4.86. The second-order valence-corrected chi connectivity index (χ2v) is 8.40. The Morgan fingerprint density at radius 1 is 0.964 bits per heavy atom. The van der Waals surface area contributed by atoms with E-state index in [1.165, 1.54) is 0 Å². The highest BCUT2D eigenvalue weighted by Gasteiger charge is 2.44. The number of anilines is 1. The minimum atomic E-state index is -0.167. The van der Waals surface area contributed by atoms with Crippen LogP contribution in [0.2, 0.25) is 0 Å². The molecule has 0 fully saturated rings. The predicted molar refractivity (Wildman–Crippen MR) is 109 cm³/mol. The number of hydrogen-bond donors (Lipinski definition) is 0. The first-order valence-electron chi connectivity index (χ1n) is 9.68. The molecule has 2 aliphatic rings. The third kappa shape index (κ3) is 3.24. The molecule has 1 atom stereocenters. The third-order valence-corrected chi connectivity index (χ3v) is 5.68. The van der Waals surface area contributed by atoms with Gasteiger partial charge in [0.2, 0.25) is 5.91 Å². The Balaban J connectivity index is 1.86. The number of ketones is 1. The Labute approximate surface area is 165 Å². The van der Waals surface area contributed by atoms with Gasteiger partial charge in [0.15, 0.2) is 5.78 Å². The maximum atomic E-state index is 13.3. The zero-order valence-electron chi connectivity index (χ0n) is 16.6. The number of rotatable bonds is 3. The quantitative estimate of drug-likeness (QED) is 0.770. The van der Waals surface area contributed by atoms with Crippen LogP contribution >= 0.6 is 0 Å². The largest absolute Gasteiger partial charge is 0.497 e. The lowest BCUT2D eigenvalue weighted by Gasteiger charge is -2.43. The standard InChI is InChI=1S/C24H25NO3/c1-24(2)14-20-23(21(26)15-24)19(16-7-5-4-6-8-16)13-22(27)25(20)17-9-11-18(28-3)12-10-17/h4-12,19H,13-15H2,1-3H3/t19-/m1/s1. The van der Waals surface area contributed by atoms with E-state index in [9.17, 15) is 9.59 Å². The highest BCUT2D eigenvalue weighted by Crippen LogP contribution is 2.48. The number of Topliss-reactive ketones (excluding diaryl/α,β-unsaturated/α-hetero) is 1. The second-order valence-electron chi connectivity index (χ2n) is 8.40. The normalized spacial score (nSPS) is 21.5. The topological polar surface area (TPSA) is 46.6 Å². The summed E-state index contributed by atoms with van der Waals surface area (Å²) in [4.78, 5) is 28.2. The van der Waals surface area contributed by atoms with Crippen LogP contribution in [0.5, 0.6) is 5.75 Å². The molecule has 0 radical (unpaired) electrons. The molecule has 1 aliphatic carbocycles. The Kier molecular flexibility index (Phi) is 4.58. The molecule has 1 aliphatic heterocycles. The van der Waals surface area contributed by atoms with E-state index in [2.05, 4.69) is 13.8 Å². The molecule has 0 spiro atoms. The first-order valence-corrected chi connectivity index (χ1v) is 9.68. The molecule has 28 heavy (non-hydrogen) atoms. The summed E-state index contributed by atoms with van der Waals surface area (Å²) in [5, 5.41) is 0. The number of methoxy groups -OCH3 is 1. The van der Waals surface area contributed by atoms with E-state index < -0.39 is 0 Å². The minimum Gasteiger partial charge on any atom is -0.497 e. The van der Waals surface area contributed by atoms with Gasteiger partial charge >= 0.3 is 0 Å². The van der Waals surface area contributed by atoms with Crippen LogP contribution in [0.15, 0.2) is 65.9 Å². The van der Waals surface area contributed by atoms with Gasteiger partial charge in [0.1, 0.15) is 5.75 Å². The fourth-order valence-electron chi connectivity index (χ4n) is 4.42. The average molecular weight is 375 g/mol. The van der Waals surface area contributed by atoms with Crippen molar-refractivity contribution in [1.82, 2.24) is 0 Å². The second kappa shape index (κ2) is 6.93. The minimum absolute atomic E-state index is 0.0308. The van der Waals surface area contributed by atoms with Crippen molar-refractivity contribution >= 4 is 17.4 Å². The van der Waals surface area contributed by atoms with Crippen molar-refractivity contribution in [2.75, 3.05) is 12.0 Å². The molecule has 2 aromatic rings. The van der Waals surface area contributed by atoms with Crippen molar-refractivity contribution in [2.45, 2.75) is 39.0 Å². The Bertz CT molecular complexity index is 942. The monoisotopic (exact) mass is 375 g/mol. The highest BCUT2D eigenvalue weighted by atomic mass is 16.5. The Hall–Kier alpha value is -2.88. The SMILES string of the molecule is COc1ccc(N2C(=O)C[C@H](c3ccccc3)C3=C2CC(C)(C)CC3=O)cc1. The van der Waals surface area contributed by atoms with Crippen LogP contribution in [0.3, 0.4) is 0 Å². The maximum Gasteiger partial charge on any atom is 0.232 e. The van der Waals surface area contributed by atoms with Crippen LogP contribution in [0.4, 0.5) is 5.69 Å². The van der Waals surface area contributed by atoms with Gasteiger partial charge in [-0.15, -0.1) is 0 Å². The molecule has 0 saturated heterocycles. The molecule has 4 nitrogen and oxygen atoms in total. The van der Waals surface area contributed by atoms with E-state index in [0.717, 1.165) is 28.3 Å². The van der Waals surface area contributed by atoms with E-state index in [4.69, 9.17) is 4.74 Å². The van der Waals surface area contributed by atoms with Gasteiger partial charge in [0, 0.05) is 35.7 Å². The molecule has 0 saturated carbocycles. The molecular formula is C24H25NO3. The number of ether oxygens (including phenoxy) is 1. The van der Waals surface area contributed by atoms with Crippen LogP contribution < -0.4 is 9.64 Å². The molecule has 0 N–H and O–H groups in total. The smallest absolute Gasteiger partial charge is 0.232 e. The van der Waals surface area contributed by atoms with Crippen LogP contribution in [0.25, 0.3) is 0 Å². The summed E-state index contributed by atoms with van der Waals surface area (Å²) >= 11 is 0. The number of allylic oxidation sites excluding steroid dienone is 2. The maximum absolute atomic E-state index is 13.3. The van der Waals surface area contributed by atoms with Crippen molar-refractivity contribution in [3.8, 4) is 5.75 Å². The molecule has 144 valence electrons. The van der Waals surface area contributed by atoms with Gasteiger partial charge in [-0.3, -0.25) is 14.5 Å². The van der Waals surface area contributed by atoms with Gasteiger partial charge < -0.3 is 4.74 Å². The summed E-state index contributed by atoms with van der Waals surface area (Å²) in [6.45, 7) is 4.19. The van der Waals surface area contributed by atoms with E-state index in [-0.39, 0.29) is 23.0 Å². The Morgan fingerprint density at radius 3 is 2.29 bits per heavy atom. The average Bonchev–Trinajstić information content (AvgIpc) is 2.67. The molecular weight excluding hydrogens is 350 g/mol. The van der Waals surface area contributed by atoms with Crippen LogP contribution in [-0.2, 0) is 9.59 Å². The number of nitrogens with zero attached hydrogens (tertiary/aromatic N) is 1. The fraction of sp³-hybridized carbons (Fsp3) is 0.333. The van der Waals surface area contributed by atoms with Crippen molar-refractivity contribution in [3.05, 3.63) is 71.4 Å². The van der Waals surface area contributed by atoms with Gasteiger partial charge in [-0.2, -0.15) is 0 Å². The molecule has 2 aromatic carbocycles. The van der Waals surface area contributed by atoms with Gasteiger partial charge in [0.25, 0.3) is 0 Å². The summed E-state index contributed by atoms with van der Waals surface area (Å²) in [6, 6.07) is 17.4. The van der Waals surface area contributed by atoms with E-state index in [0.29, 0.717) is 19.3 Å². The van der Waals surface area contributed by atoms with Gasteiger partial charge in [-0.25, -0.2) is 0 Å². The van der Waals surface area contributed by atoms with Gasteiger partial charge in [-0.1, -0.05) is 44.2 Å². The fourth-order valence-corrected chi connectivity index (χ4v) is 4.42. The van der Waals surface area contributed by atoms with E-state index in [1.807, 2.05) is 54.6 Å². The first kappa shape index (κ1) is 18.5. The summed E-state index contributed by atoms with van der Waals surface area (Å²) in [7, 11) is 1.62. The summed E-state index contributed by atoms with van der Waals surface area (Å²) < 4.78 is 5.25. The molecule has 0 bridgehead atoms. The highest BCUT2D eigenvalue weighted by molar-refractivity contribution is 6.07. The molecule has 0 aromatic heterocycles. The summed E-state index contributed by atoms with van der Waals surface area (Å²) in [5.74, 6) is 0.765. The zero-order chi connectivity index (χ0) is 19.9. The molecule has 4 heteroatoms. The van der Waals surface area contributed by atoms with Crippen molar-refractivity contribution in [1.29, 1.82) is 0 Å². The van der Waals surface area contributed by atoms with Crippen molar-refractivity contribution in [3.63, 3.8) is 0 Å². The van der Waals surface area contributed by atoms with E-state index in [1.54, 1.807) is 12.0 Å². The number of amides is 1. The summed E-state index contributed by atoms with van der Waals surface area (Å²) in [5.41, 5.74) is 3.32. The van der Waals surface area contributed by atoms with Gasteiger partial charge in [0.05, 0.1) is 7.11 Å². The molecule has 0 unspecified atom stereocenters. The summed E-state index contributed by atoms with van der Waals surface area (Å²) in [6.07, 6.45) is 1.52. The molecule has 1 amide bonds. The third-order valence-electron chi connectivity index (χ3n) is 5.68. The molecule has 1 heterocycles. The number of carbonyl (C=O) groups is 2. The van der Waals surface area contributed by atoms with Crippen LogP contribution in [0, 0.1) is 5.41 Å². The molecule has 4 rings (SSSR count). The number of hydrogen-bond acceptors (Lipinski definition) is 3.